The van der Waals surface area contributed by atoms with Crippen LogP contribution in [0, 0.1) is 0 Å². The van der Waals surface area contributed by atoms with E-state index in [1.54, 1.807) is 0 Å². The molecule has 0 amide bonds. The predicted molar refractivity (Wildman–Crippen MR) is 123 cm³/mol. The van der Waals surface area contributed by atoms with Crippen LogP contribution in [0.3, 0.4) is 0 Å². The molecule has 0 aliphatic rings. The Labute approximate surface area is 178 Å². The van der Waals surface area contributed by atoms with Crippen molar-refractivity contribution in [2.24, 2.45) is 0 Å². The van der Waals surface area contributed by atoms with Crippen LogP contribution in [0.25, 0.3) is 11.4 Å². The zero-order valence-corrected chi connectivity index (χ0v) is 18.7. The van der Waals surface area contributed by atoms with E-state index in [2.05, 4.69) is 35.9 Å². The molecule has 0 aliphatic carbocycles. The number of aromatic nitrogens is 2. The maximum Gasteiger partial charge on any atom is 0.159 e. The summed E-state index contributed by atoms with van der Waals surface area (Å²) in [5, 5.41) is 0. The van der Waals surface area contributed by atoms with Gasteiger partial charge in [0, 0.05) is 18.0 Å². The van der Waals surface area contributed by atoms with Crippen molar-refractivity contribution in [1.82, 2.24) is 9.97 Å². The van der Waals surface area contributed by atoms with E-state index in [0.29, 0.717) is 0 Å². The molecule has 29 heavy (non-hydrogen) atoms. The first-order valence-corrected chi connectivity index (χ1v) is 11.9. The van der Waals surface area contributed by atoms with Gasteiger partial charge < -0.3 is 4.74 Å². The maximum atomic E-state index is 5.88. The quantitative estimate of drug-likeness (QED) is 0.272. The first kappa shape index (κ1) is 23.4. The van der Waals surface area contributed by atoms with Crippen LogP contribution >= 0.6 is 0 Å². The lowest BCUT2D eigenvalue weighted by atomic mass is 10.1. The third-order valence-electron chi connectivity index (χ3n) is 5.40. The van der Waals surface area contributed by atoms with Crippen LogP contribution in [0.5, 0.6) is 5.75 Å². The van der Waals surface area contributed by atoms with Gasteiger partial charge in [-0.2, -0.15) is 0 Å². The largest absolute Gasteiger partial charge is 0.494 e. The van der Waals surface area contributed by atoms with Gasteiger partial charge in [0.25, 0.3) is 0 Å². The van der Waals surface area contributed by atoms with Crippen LogP contribution < -0.4 is 4.74 Å². The minimum Gasteiger partial charge on any atom is -0.494 e. The molecule has 0 saturated carbocycles. The summed E-state index contributed by atoms with van der Waals surface area (Å²) >= 11 is 0. The summed E-state index contributed by atoms with van der Waals surface area (Å²) < 4.78 is 5.88. The number of hydrogen-bond donors (Lipinski definition) is 0. The van der Waals surface area contributed by atoms with Crippen molar-refractivity contribution in [2.75, 3.05) is 6.61 Å². The number of nitrogens with zero attached hydrogens (tertiary/aromatic N) is 2. The van der Waals surface area contributed by atoms with Crippen LogP contribution in [0.4, 0.5) is 0 Å². The molecule has 0 aliphatic heterocycles. The number of benzene rings is 1. The Kier molecular flexibility index (Phi) is 12.1. The average Bonchev–Trinajstić information content (AvgIpc) is 2.76. The highest BCUT2D eigenvalue weighted by atomic mass is 16.5. The Bertz CT molecular complexity index is 637. The monoisotopic (exact) mass is 396 g/mol. The van der Waals surface area contributed by atoms with Crippen LogP contribution in [0.2, 0.25) is 0 Å². The molecule has 0 N–H and O–H groups in total. The fourth-order valence-electron chi connectivity index (χ4n) is 3.52. The van der Waals surface area contributed by atoms with E-state index in [1.165, 1.54) is 76.2 Å². The van der Waals surface area contributed by atoms with Crippen molar-refractivity contribution in [3.8, 4) is 17.1 Å². The summed E-state index contributed by atoms with van der Waals surface area (Å²) in [5.41, 5.74) is 2.28. The molecule has 0 radical (unpaired) electrons. The van der Waals surface area contributed by atoms with Crippen molar-refractivity contribution in [3.63, 3.8) is 0 Å². The summed E-state index contributed by atoms with van der Waals surface area (Å²) in [4.78, 5) is 9.12. The smallest absolute Gasteiger partial charge is 0.159 e. The van der Waals surface area contributed by atoms with Crippen molar-refractivity contribution in [1.29, 1.82) is 0 Å². The van der Waals surface area contributed by atoms with Gasteiger partial charge in [-0.25, -0.2) is 9.97 Å². The Morgan fingerprint density at radius 1 is 0.655 bits per heavy atom. The average molecular weight is 397 g/mol. The van der Waals surface area contributed by atoms with E-state index in [4.69, 9.17) is 4.74 Å². The molecule has 1 aromatic carbocycles. The molecule has 1 heterocycles. The Morgan fingerprint density at radius 2 is 1.21 bits per heavy atom. The Balaban J connectivity index is 1.67. The van der Waals surface area contributed by atoms with Crippen LogP contribution in [0.15, 0.2) is 36.7 Å². The highest BCUT2D eigenvalue weighted by molar-refractivity contribution is 5.55. The van der Waals surface area contributed by atoms with Crippen molar-refractivity contribution in [3.05, 3.63) is 42.2 Å². The van der Waals surface area contributed by atoms with E-state index in [-0.39, 0.29) is 0 Å². The molecule has 0 bridgehead atoms. The molecule has 0 unspecified atom stereocenters. The molecule has 0 saturated heterocycles. The first-order valence-electron chi connectivity index (χ1n) is 11.9. The fourth-order valence-corrected chi connectivity index (χ4v) is 3.52. The second kappa shape index (κ2) is 15.0. The maximum absolute atomic E-state index is 5.88. The SMILES string of the molecule is CCCCCCCCCOc1ccc(-c2ncc(CCCCCCC)cn2)cc1. The zero-order chi connectivity index (χ0) is 20.6. The van der Waals surface area contributed by atoms with Crippen molar-refractivity contribution >= 4 is 0 Å². The molecule has 3 nitrogen and oxygen atoms in total. The number of unbranched alkanes of at least 4 members (excludes halogenated alkanes) is 10. The lowest BCUT2D eigenvalue weighted by molar-refractivity contribution is 0.304. The van der Waals surface area contributed by atoms with E-state index in [9.17, 15) is 0 Å². The van der Waals surface area contributed by atoms with E-state index >= 15 is 0 Å². The van der Waals surface area contributed by atoms with E-state index < -0.39 is 0 Å². The molecular weight excluding hydrogens is 356 g/mol. The Morgan fingerprint density at radius 3 is 1.83 bits per heavy atom. The predicted octanol–water partition coefficient (Wildman–Crippen LogP) is 7.79. The number of aryl methyl sites for hydroxylation is 1. The van der Waals surface area contributed by atoms with Crippen LogP contribution in [0.1, 0.15) is 96.5 Å². The van der Waals surface area contributed by atoms with E-state index in [1.807, 2.05) is 24.5 Å². The van der Waals surface area contributed by atoms with Gasteiger partial charge in [0.15, 0.2) is 5.82 Å². The highest BCUT2D eigenvalue weighted by Crippen LogP contribution is 2.20. The lowest BCUT2D eigenvalue weighted by Crippen LogP contribution is -1.97. The molecule has 0 spiro atoms. The summed E-state index contributed by atoms with van der Waals surface area (Å²) in [6.07, 6.45) is 20.7. The molecule has 0 fully saturated rings. The van der Waals surface area contributed by atoms with Gasteiger partial charge >= 0.3 is 0 Å². The van der Waals surface area contributed by atoms with Crippen LogP contribution in [-0.2, 0) is 6.42 Å². The summed E-state index contributed by atoms with van der Waals surface area (Å²) in [6, 6.07) is 8.17. The molecule has 160 valence electrons. The lowest BCUT2D eigenvalue weighted by Gasteiger charge is -2.07. The highest BCUT2D eigenvalue weighted by Gasteiger charge is 2.03. The normalized spacial score (nSPS) is 11.0. The van der Waals surface area contributed by atoms with Gasteiger partial charge in [-0.05, 0) is 49.1 Å². The third kappa shape index (κ3) is 9.92. The second-order valence-corrected chi connectivity index (χ2v) is 8.07. The second-order valence-electron chi connectivity index (χ2n) is 8.07. The van der Waals surface area contributed by atoms with Gasteiger partial charge in [-0.3, -0.25) is 0 Å². The van der Waals surface area contributed by atoms with Gasteiger partial charge in [0.05, 0.1) is 6.61 Å². The standard InChI is InChI=1S/C26H40N2O/c1-3-5-7-9-10-12-14-20-29-25-18-16-24(17-19-25)26-27-21-23(22-28-26)15-13-11-8-6-4-2/h16-19,21-22H,3-15,20H2,1-2H3. The van der Waals surface area contributed by atoms with Crippen molar-refractivity contribution in [2.45, 2.75) is 97.3 Å². The zero-order valence-electron chi connectivity index (χ0n) is 18.7. The Hall–Kier alpha value is -1.90. The molecule has 2 aromatic rings. The van der Waals surface area contributed by atoms with E-state index in [0.717, 1.165) is 36.6 Å². The molecule has 2 rings (SSSR count). The third-order valence-corrected chi connectivity index (χ3v) is 5.40. The van der Waals surface area contributed by atoms with Crippen LogP contribution in [-0.4, -0.2) is 16.6 Å². The number of rotatable bonds is 16. The molecule has 3 heteroatoms. The first-order chi connectivity index (χ1) is 14.3. The van der Waals surface area contributed by atoms with Gasteiger partial charge in [-0.1, -0.05) is 78.1 Å². The topological polar surface area (TPSA) is 35.0 Å². The summed E-state index contributed by atoms with van der Waals surface area (Å²) in [5.74, 6) is 1.72. The molecular formula is C26H40N2O. The fraction of sp³-hybridized carbons (Fsp3) is 0.615. The summed E-state index contributed by atoms with van der Waals surface area (Å²) in [7, 11) is 0. The van der Waals surface area contributed by atoms with Gasteiger partial charge in [0.2, 0.25) is 0 Å². The number of hydrogen-bond acceptors (Lipinski definition) is 3. The summed E-state index contributed by atoms with van der Waals surface area (Å²) in [6.45, 7) is 5.31. The minimum absolute atomic E-state index is 0.790. The molecule has 0 atom stereocenters. The van der Waals surface area contributed by atoms with Gasteiger partial charge in [-0.15, -0.1) is 0 Å². The van der Waals surface area contributed by atoms with Crippen molar-refractivity contribution < 1.29 is 4.74 Å². The molecule has 1 aromatic heterocycles. The van der Waals surface area contributed by atoms with Gasteiger partial charge in [0.1, 0.15) is 5.75 Å². The number of ether oxygens (including phenoxy) is 1. The minimum atomic E-state index is 0.790.